The Morgan fingerprint density at radius 1 is 0.337 bits per heavy atom. The van der Waals surface area contributed by atoms with Crippen molar-refractivity contribution in [2.24, 2.45) is 0 Å². The molecular weight excluding hydrogens is 1100 g/mol. The van der Waals surface area contributed by atoms with Crippen LogP contribution >= 0.6 is 0 Å². The molecule has 0 aromatic heterocycles. The van der Waals surface area contributed by atoms with E-state index < -0.39 is 24.3 Å². The summed E-state index contributed by atoms with van der Waals surface area (Å²) in [6, 6.07) is 0. The van der Waals surface area contributed by atoms with Crippen molar-refractivity contribution in [3.8, 4) is 0 Å². The summed E-state index contributed by atoms with van der Waals surface area (Å²) in [4.78, 5) is 37.5. The first kappa shape index (κ1) is 86.5. The van der Waals surface area contributed by atoms with E-state index in [0.717, 1.165) is 38.5 Å². The van der Waals surface area contributed by atoms with Crippen LogP contribution < -0.4 is 5.11 Å². The van der Waals surface area contributed by atoms with Gasteiger partial charge in [-0.05, 0) is 70.6 Å². The third-order valence-electron chi connectivity index (χ3n) is 17.9. The highest BCUT2D eigenvalue weighted by atomic mass is 16.7. The van der Waals surface area contributed by atoms with Gasteiger partial charge in [-0.1, -0.05) is 352 Å². The van der Waals surface area contributed by atoms with Crippen molar-refractivity contribution in [2.45, 2.75) is 411 Å². The summed E-state index contributed by atoms with van der Waals surface area (Å²) in [7, 11) is 5.95. The minimum Gasteiger partial charge on any atom is -0.545 e. The normalized spacial score (nSPS) is 12.8. The number of aliphatic carboxylic acids is 1. The van der Waals surface area contributed by atoms with Crippen LogP contribution in [0.4, 0.5) is 0 Å². The van der Waals surface area contributed by atoms with E-state index in [0.29, 0.717) is 23.9 Å². The molecule has 0 spiro atoms. The molecule has 524 valence electrons. The van der Waals surface area contributed by atoms with Crippen LogP contribution in [0, 0.1) is 0 Å². The van der Waals surface area contributed by atoms with Gasteiger partial charge in [-0.2, -0.15) is 0 Å². The topological polar surface area (TPSA) is 111 Å². The zero-order valence-corrected chi connectivity index (χ0v) is 60.1. The van der Waals surface area contributed by atoms with Crippen LogP contribution in [0.15, 0.2) is 36.5 Å². The number of rotatable bonds is 74. The van der Waals surface area contributed by atoms with Crippen molar-refractivity contribution < 1.29 is 42.9 Å². The van der Waals surface area contributed by atoms with Gasteiger partial charge in [-0.15, -0.1) is 0 Å². The standard InChI is InChI=1S/C80H151NO8/c1-6-8-10-12-14-16-18-20-22-24-26-28-30-32-33-34-35-36-37-38-39-40-41-42-43-44-45-47-48-50-52-54-56-58-60-62-64-66-68-70-77(82)87-74-76(75-88-80(79(84)85)86-73-72-81(3,4)5)89-78(83)71-69-67-65-63-61-59-57-55-53-51-49-46-31-29-27-25-23-21-19-17-15-13-11-9-7-2/h19,21,24-27,76,80H,6-18,20,22-23,28-75H2,1-5H3/b21-19-,26-24-,27-25-. The number of carbonyl (C=O) groups is 3. The van der Waals surface area contributed by atoms with E-state index in [-0.39, 0.29) is 32.2 Å². The average molecular weight is 1260 g/mol. The fourth-order valence-corrected chi connectivity index (χ4v) is 11.9. The second kappa shape index (κ2) is 71.4. The monoisotopic (exact) mass is 1250 g/mol. The number of nitrogens with zero attached hydrogens (tertiary/aromatic N) is 1. The van der Waals surface area contributed by atoms with Crippen LogP contribution in [-0.2, 0) is 33.3 Å². The predicted octanol–water partition coefficient (Wildman–Crippen LogP) is 23.4. The van der Waals surface area contributed by atoms with E-state index in [1.807, 2.05) is 21.1 Å². The molecule has 0 saturated heterocycles. The number of ether oxygens (including phenoxy) is 4. The molecule has 0 aliphatic heterocycles. The molecule has 0 amide bonds. The molecule has 0 rings (SSSR count). The molecule has 9 nitrogen and oxygen atoms in total. The number of allylic oxidation sites excluding steroid dienone is 6. The quantitative estimate of drug-likeness (QED) is 0.0195. The van der Waals surface area contributed by atoms with E-state index in [4.69, 9.17) is 18.9 Å². The summed E-state index contributed by atoms with van der Waals surface area (Å²) in [6.45, 7) is 4.81. The Bertz CT molecular complexity index is 1550. The molecule has 0 radical (unpaired) electrons. The van der Waals surface area contributed by atoms with E-state index >= 15 is 0 Å². The van der Waals surface area contributed by atoms with Gasteiger partial charge in [0.15, 0.2) is 12.4 Å². The summed E-state index contributed by atoms with van der Waals surface area (Å²) in [5.74, 6) is -2.25. The Kier molecular flexibility index (Phi) is 69.4. The molecule has 0 heterocycles. The Balaban J connectivity index is 3.94. The molecule has 0 bridgehead atoms. The maximum atomic E-state index is 12.9. The highest BCUT2D eigenvalue weighted by Gasteiger charge is 2.22. The van der Waals surface area contributed by atoms with Gasteiger partial charge < -0.3 is 33.3 Å². The third-order valence-corrected chi connectivity index (χ3v) is 17.9. The maximum Gasteiger partial charge on any atom is 0.306 e. The van der Waals surface area contributed by atoms with E-state index in [1.54, 1.807) is 0 Å². The van der Waals surface area contributed by atoms with Crippen LogP contribution in [0.2, 0.25) is 0 Å². The first-order chi connectivity index (χ1) is 43.6. The van der Waals surface area contributed by atoms with Crippen LogP contribution in [0.3, 0.4) is 0 Å². The predicted molar refractivity (Wildman–Crippen MR) is 380 cm³/mol. The van der Waals surface area contributed by atoms with Gasteiger partial charge >= 0.3 is 11.9 Å². The fraction of sp³-hybridized carbons (Fsp3) is 0.887. The number of carboxylic acid groups (broad SMARTS) is 1. The van der Waals surface area contributed by atoms with Gasteiger partial charge in [0.2, 0.25) is 0 Å². The Morgan fingerprint density at radius 3 is 0.899 bits per heavy atom. The zero-order chi connectivity index (χ0) is 64.7. The highest BCUT2D eigenvalue weighted by Crippen LogP contribution is 2.19. The molecule has 9 heteroatoms. The Morgan fingerprint density at radius 2 is 0.607 bits per heavy atom. The zero-order valence-electron chi connectivity index (χ0n) is 60.1. The molecule has 2 atom stereocenters. The summed E-state index contributed by atoms with van der Waals surface area (Å²) < 4.78 is 22.9. The number of hydrogen-bond acceptors (Lipinski definition) is 8. The molecule has 0 N–H and O–H groups in total. The van der Waals surface area contributed by atoms with E-state index in [9.17, 15) is 19.5 Å². The summed E-state index contributed by atoms with van der Waals surface area (Å²) >= 11 is 0. The second-order valence-electron chi connectivity index (χ2n) is 28.0. The molecule has 0 fully saturated rings. The number of carbonyl (C=O) groups excluding carboxylic acids is 3. The SMILES string of the molecule is CCCCCCC/C=C\C/C=C\CCCCCCCCCCCCCCCC(=O)OC(COC(=O)CCCCCCCCCCCCCCCCCCCCCCCCCCCCC/C=C\CCCCCCCCCC)COC(OCC[N+](C)(C)C)C(=O)[O-]. The van der Waals surface area contributed by atoms with Gasteiger partial charge in [0.1, 0.15) is 13.2 Å². The number of esters is 2. The molecular formula is C80H151NO8. The largest absolute Gasteiger partial charge is 0.545 e. The van der Waals surface area contributed by atoms with Crippen molar-refractivity contribution in [2.75, 3.05) is 47.5 Å². The molecule has 2 unspecified atom stereocenters. The third kappa shape index (κ3) is 72.8. The lowest BCUT2D eigenvalue weighted by molar-refractivity contribution is -0.870. The van der Waals surface area contributed by atoms with Crippen molar-refractivity contribution in [1.29, 1.82) is 0 Å². The summed E-state index contributed by atoms with van der Waals surface area (Å²) in [5, 5.41) is 11.8. The maximum absolute atomic E-state index is 12.9. The first-order valence-corrected chi connectivity index (χ1v) is 39.1. The van der Waals surface area contributed by atoms with Crippen molar-refractivity contribution in [1.82, 2.24) is 0 Å². The van der Waals surface area contributed by atoms with Crippen molar-refractivity contribution in [3.63, 3.8) is 0 Å². The Hall–Kier alpha value is -2.49. The van der Waals surface area contributed by atoms with Crippen molar-refractivity contribution >= 4 is 17.9 Å². The molecule has 0 aliphatic carbocycles. The molecule has 0 aromatic rings. The van der Waals surface area contributed by atoms with Crippen LogP contribution in [0.25, 0.3) is 0 Å². The van der Waals surface area contributed by atoms with Gasteiger partial charge in [-0.25, -0.2) is 0 Å². The van der Waals surface area contributed by atoms with E-state index in [2.05, 4.69) is 50.3 Å². The second-order valence-corrected chi connectivity index (χ2v) is 28.0. The smallest absolute Gasteiger partial charge is 0.306 e. The number of hydrogen-bond donors (Lipinski definition) is 0. The minimum absolute atomic E-state index is 0.150. The first-order valence-electron chi connectivity index (χ1n) is 39.1. The van der Waals surface area contributed by atoms with Crippen LogP contribution in [0.1, 0.15) is 399 Å². The lowest BCUT2D eigenvalue weighted by Crippen LogP contribution is -2.44. The van der Waals surface area contributed by atoms with Crippen LogP contribution in [-0.4, -0.2) is 82.3 Å². The van der Waals surface area contributed by atoms with Gasteiger partial charge in [0.25, 0.3) is 0 Å². The number of unbranched alkanes of at least 4 members (excludes halogenated alkanes) is 53. The summed E-state index contributed by atoms with van der Waals surface area (Å²) in [6.07, 6.45) is 88.4. The lowest BCUT2D eigenvalue weighted by Gasteiger charge is -2.26. The average Bonchev–Trinajstić information content (AvgIpc) is 3.64. The van der Waals surface area contributed by atoms with Gasteiger partial charge in [-0.3, -0.25) is 9.59 Å². The number of carboxylic acids is 1. The molecule has 0 aliphatic rings. The molecule has 89 heavy (non-hydrogen) atoms. The van der Waals surface area contributed by atoms with Crippen LogP contribution in [0.5, 0.6) is 0 Å². The molecule has 0 saturated carbocycles. The fourth-order valence-electron chi connectivity index (χ4n) is 11.9. The Labute approximate surface area is 553 Å². The van der Waals surface area contributed by atoms with Gasteiger partial charge in [0, 0.05) is 12.8 Å². The van der Waals surface area contributed by atoms with Crippen molar-refractivity contribution in [3.05, 3.63) is 36.5 Å². The number of quaternary nitrogens is 1. The van der Waals surface area contributed by atoms with Gasteiger partial charge in [0.05, 0.1) is 40.3 Å². The highest BCUT2D eigenvalue weighted by molar-refractivity contribution is 5.70. The summed E-state index contributed by atoms with van der Waals surface area (Å²) in [5.41, 5.74) is 0. The minimum atomic E-state index is -1.62. The molecule has 0 aromatic carbocycles. The lowest BCUT2D eigenvalue weighted by atomic mass is 10.0. The van der Waals surface area contributed by atoms with E-state index in [1.165, 1.54) is 327 Å². The number of likely N-dealkylation sites (N-methyl/N-ethyl adjacent to an activating group) is 1.